The fourth-order valence-electron chi connectivity index (χ4n) is 4.71. The number of aryl methyl sites for hydroxylation is 2. The molecule has 0 spiro atoms. The lowest BCUT2D eigenvalue weighted by Gasteiger charge is -2.33. The molecule has 3 heterocycles. The minimum absolute atomic E-state index is 0.155. The molecule has 0 unspecified atom stereocenters. The topological polar surface area (TPSA) is 90.7 Å². The number of fused-ring (bicyclic) bond motifs is 5. The molecule has 33 heavy (non-hydrogen) atoms. The Labute approximate surface area is 192 Å². The minimum Gasteiger partial charge on any atom is -0.487 e. The molecule has 7 heteroatoms. The summed E-state index contributed by atoms with van der Waals surface area (Å²) in [5.74, 6) is 0.928. The third-order valence-corrected chi connectivity index (χ3v) is 6.43. The van der Waals surface area contributed by atoms with Gasteiger partial charge in [-0.25, -0.2) is 4.79 Å². The van der Waals surface area contributed by atoms with E-state index < -0.39 is 0 Å². The van der Waals surface area contributed by atoms with Crippen LogP contribution in [0.4, 0.5) is 0 Å². The summed E-state index contributed by atoms with van der Waals surface area (Å²) in [6, 6.07) is 7.42. The zero-order chi connectivity index (χ0) is 23.0. The Morgan fingerprint density at radius 3 is 2.76 bits per heavy atom. The van der Waals surface area contributed by atoms with E-state index in [4.69, 9.17) is 13.9 Å². The number of nitrogens with one attached hydrogen (secondary N) is 1. The summed E-state index contributed by atoms with van der Waals surface area (Å²) in [5.41, 5.74) is 3.34. The number of nitrogens with zero attached hydrogens (tertiary/aromatic N) is 1. The molecule has 0 saturated carbocycles. The lowest BCUT2D eigenvalue weighted by atomic mass is 9.87. The zero-order valence-electron chi connectivity index (χ0n) is 19.0. The number of hydrogen-bond donors (Lipinski definition) is 1. The molecule has 2 aliphatic rings. The van der Waals surface area contributed by atoms with Gasteiger partial charge in [0, 0.05) is 23.4 Å². The first-order valence-electron chi connectivity index (χ1n) is 11.5. The van der Waals surface area contributed by atoms with Crippen LogP contribution in [-0.2, 0) is 30.6 Å². The molecule has 0 atom stereocenters. The Morgan fingerprint density at radius 1 is 1.15 bits per heavy atom. The summed E-state index contributed by atoms with van der Waals surface area (Å²) in [7, 11) is 0. The molecule has 0 fully saturated rings. The van der Waals surface area contributed by atoms with E-state index in [-0.39, 0.29) is 23.7 Å². The first kappa shape index (κ1) is 21.5. The van der Waals surface area contributed by atoms with Gasteiger partial charge in [-0.15, -0.1) is 0 Å². The predicted molar refractivity (Wildman–Crippen MR) is 124 cm³/mol. The van der Waals surface area contributed by atoms with Gasteiger partial charge >= 0.3 is 5.63 Å². The molecule has 1 aromatic carbocycles. The van der Waals surface area contributed by atoms with Crippen molar-refractivity contribution in [3.8, 4) is 11.5 Å². The molecule has 7 nitrogen and oxygen atoms in total. The first-order valence-corrected chi connectivity index (χ1v) is 11.5. The lowest BCUT2D eigenvalue weighted by molar-refractivity contribution is -0.123. The molecule has 0 saturated heterocycles. The normalized spacial score (nSPS) is 16.4. The van der Waals surface area contributed by atoms with Gasteiger partial charge in [-0.2, -0.15) is 0 Å². The largest absolute Gasteiger partial charge is 0.487 e. The van der Waals surface area contributed by atoms with E-state index >= 15 is 0 Å². The Balaban J connectivity index is 1.49. The van der Waals surface area contributed by atoms with Crippen LogP contribution in [0.1, 0.15) is 55.5 Å². The highest BCUT2D eigenvalue weighted by Crippen LogP contribution is 2.44. The van der Waals surface area contributed by atoms with Gasteiger partial charge in [0.1, 0.15) is 22.7 Å². The van der Waals surface area contributed by atoms with Crippen molar-refractivity contribution in [2.24, 2.45) is 0 Å². The highest BCUT2D eigenvalue weighted by atomic mass is 16.5. The maximum atomic E-state index is 12.8. The third-order valence-electron chi connectivity index (χ3n) is 6.43. The predicted octanol–water partition coefficient (Wildman–Crippen LogP) is 3.87. The number of benzene rings is 1. The Kier molecular flexibility index (Phi) is 5.56. The van der Waals surface area contributed by atoms with Gasteiger partial charge in [-0.1, -0.05) is 6.07 Å². The van der Waals surface area contributed by atoms with Gasteiger partial charge in [0.2, 0.25) is 0 Å². The smallest absolute Gasteiger partial charge is 0.339 e. The molecule has 0 bridgehead atoms. The second-order valence-electron chi connectivity index (χ2n) is 9.36. The Morgan fingerprint density at radius 2 is 1.97 bits per heavy atom. The molecule has 172 valence electrons. The van der Waals surface area contributed by atoms with Crippen molar-refractivity contribution >= 4 is 16.9 Å². The second-order valence-corrected chi connectivity index (χ2v) is 9.36. The van der Waals surface area contributed by atoms with Crippen LogP contribution >= 0.6 is 0 Å². The van der Waals surface area contributed by atoms with Gasteiger partial charge in [0.05, 0.1) is 17.6 Å². The van der Waals surface area contributed by atoms with Gasteiger partial charge in [0.15, 0.2) is 6.61 Å². The van der Waals surface area contributed by atoms with Gasteiger partial charge in [0.25, 0.3) is 5.91 Å². The lowest BCUT2D eigenvalue weighted by Crippen LogP contribution is -2.33. The number of amides is 1. The third kappa shape index (κ3) is 4.32. The summed E-state index contributed by atoms with van der Waals surface area (Å²) in [6.07, 6.45) is 6.75. The summed E-state index contributed by atoms with van der Waals surface area (Å²) in [4.78, 5) is 29.5. The molecular formula is C26H28N2O5. The molecule has 3 aromatic rings. The van der Waals surface area contributed by atoms with Gasteiger partial charge in [-0.3, -0.25) is 9.78 Å². The van der Waals surface area contributed by atoms with Crippen LogP contribution < -0.4 is 20.4 Å². The highest BCUT2D eigenvalue weighted by Gasteiger charge is 2.32. The maximum Gasteiger partial charge on any atom is 0.339 e. The molecule has 2 aromatic heterocycles. The molecule has 1 amide bonds. The molecule has 0 radical (unpaired) electrons. The average Bonchev–Trinajstić information content (AvgIpc) is 2.81. The van der Waals surface area contributed by atoms with Gasteiger partial charge in [-0.05, 0) is 70.1 Å². The fraction of sp³-hybridized carbons (Fsp3) is 0.423. The number of carbonyl (C=O) groups excluding carboxylic acids is 1. The summed E-state index contributed by atoms with van der Waals surface area (Å²) in [6.45, 7) is 4.25. The molecular weight excluding hydrogens is 420 g/mol. The molecule has 1 aliphatic carbocycles. The van der Waals surface area contributed by atoms with E-state index in [0.29, 0.717) is 30.0 Å². The van der Waals surface area contributed by atoms with Crippen LogP contribution in [0.3, 0.4) is 0 Å². The van der Waals surface area contributed by atoms with Crippen LogP contribution in [0.5, 0.6) is 11.5 Å². The Bertz CT molecular complexity index is 1260. The number of rotatable bonds is 5. The number of ether oxygens (including phenoxy) is 2. The van der Waals surface area contributed by atoms with Crippen molar-refractivity contribution in [2.45, 2.75) is 64.5 Å². The van der Waals surface area contributed by atoms with Crippen LogP contribution in [-0.4, -0.2) is 23.1 Å². The summed E-state index contributed by atoms with van der Waals surface area (Å²) < 4.78 is 18.1. The Hall–Kier alpha value is -3.35. The van der Waals surface area contributed by atoms with E-state index in [0.717, 1.165) is 59.9 Å². The first-order chi connectivity index (χ1) is 15.9. The minimum atomic E-state index is -0.327. The number of hydrogen-bond acceptors (Lipinski definition) is 6. The number of aromatic nitrogens is 1. The van der Waals surface area contributed by atoms with E-state index in [1.807, 2.05) is 38.1 Å². The summed E-state index contributed by atoms with van der Waals surface area (Å²) >= 11 is 0. The number of pyridine rings is 1. The van der Waals surface area contributed by atoms with Crippen molar-refractivity contribution < 1.29 is 18.7 Å². The molecule has 5 rings (SSSR count). The maximum absolute atomic E-state index is 12.8. The zero-order valence-corrected chi connectivity index (χ0v) is 19.0. The second kappa shape index (κ2) is 8.54. The SMILES string of the molecule is CC1(C)CCc2c(cc(OCC(=O)NCc3ccccn3)c3c4c(c(=O)oc23)CCCC4)O1. The van der Waals surface area contributed by atoms with Crippen molar-refractivity contribution in [3.63, 3.8) is 0 Å². The van der Waals surface area contributed by atoms with Crippen LogP contribution in [0.2, 0.25) is 0 Å². The average molecular weight is 449 g/mol. The van der Waals surface area contributed by atoms with E-state index in [1.54, 1.807) is 6.20 Å². The summed E-state index contributed by atoms with van der Waals surface area (Å²) in [5, 5.41) is 3.64. The van der Waals surface area contributed by atoms with E-state index in [2.05, 4.69) is 10.3 Å². The number of carbonyl (C=O) groups is 1. The van der Waals surface area contributed by atoms with Crippen LogP contribution in [0, 0.1) is 0 Å². The van der Waals surface area contributed by atoms with Crippen molar-refractivity contribution in [1.29, 1.82) is 0 Å². The quantitative estimate of drug-likeness (QED) is 0.596. The fourth-order valence-corrected chi connectivity index (χ4v) is 4.71. The standard InChI is InChI=1S/C26H28N2O5/c1-26(2)11-10-19-20(33-26)13-21(31-15-22(29)28-14-16-7-5-6-12-27-16)23-17-8-3-4-9-18(17)25(30)32-24(19)23/h5-7,12-13H,3-4,8-11,14-15H2,1-2H3,(H,28,29). The van der Waals surface area contributed by atoms with Crippen LogP contribution in [0.25, 0.3) is 11.0 Å². The molecule has 1 aliphatic heterocycles. The van der Waals surface area contributed by atoms with Crippen molar-refractivity contribution in [1.82, 2.24) is 10.3 Å². The van der Waals surface area contributed by atoms with Crippen LogP contribution in [0.15, 0.2) is 39.7 Å². The van der Waals surface area contributed by atoms with E-state index in [1.165, 1.54) is 0 Å². The molecule has 1 N–H and O–H groups in total. The highest BCUT2D eigenvalue weighted by molar-refractivity contribution is 5.92. The van der Waals surface area contributed by atoms with Crippen molar-refractivity contribution in [2.75, 3.05) is 6.61 Å². The van der Waals surface area contributed by atoms with Gasteiger partial charge < -0.3 is 19.2 Å². The van der Waals surface area contributed by atoms with Crippen molar-refractivity contribution in [3.05, 3.63) is 63.3 Å². The monoisotopic (exact) mass is 448 g/mol. The van der Waals surface area contributed by atoms with E-state index in [9.17, 15) is 9.59 Å².